The van der Waals surface area contributed by atoms with Crippen LogP contribution in [0.25, 0.3) is 0 Å². The van der Waals surface area contributed by atoms with E-state index in [1.807, 2.05) is 6.07 Å². The minimum Gasteiger partial charge on any atom is -0.394 e. The Morgan fingerprint density at radius 2 is 1.88 bits per heavy atom. The average molecular weight is 398 g/mol. The summed E-state index contributed by atoms with van der Waals surface area (Å²) < 4.78 is 10.2. The number of aliphatic hydroxyl groups excluding tert-OH is 1. The van der Waals surface area contributed by atoms with Gasteiger partial charge in [0.25, 0.3) is 5.91 Å². The van der Waals surface area contributed by atoms with Crippen LogP contribution in [-0.4, -0.2) is 49.6 Å². The summed E-state index contributed by atoms with van der Waals surface area (Å²) >= 11 is 12.1. The lowest BCUT2D eigenvalue weighted by Crippen LogP contribution is -2.39. The first-order chi connectivity index (χ1) is 12.6. The number of benzene rings is 2. The van der Waals surface area contributed by atoms with Crippen LogP contribution in [0.5, 0.6) is 0 Å². The average Bonchev–Trinajstić information content (AvgIpc) is 2.67. The van der Waals surface area contributed by atoms with Crippen LogP contribution in [0.2, 0.25) is 10.0 Å². The Hall–Kier alpha value is -1.63. The van der Waals surface area contributed by atoms with E-state index in [0.29, 0.717) is 21.2 Å². The number of nitrogens with zero attached hydrogens (tertiary/aromatic N) is 1. The van der Waals surface area contributed by atoms with Crippen molar-refractivity contribution < 1.29 is 19.4 Å². The Bertz CT molecular complexity index is 712. The van der Waals surface area contributed by atoms with Gasteiger partial charge < -0.3 is 19.5 Å². The Kier molecular flexibility index (Phi) is 8.35. The van der Waals surface area contributed by atoms with E-state index in [2.05, 4.69) is 0 Å². The summed E-state index contributed by atoms with van der Waals surface area (Å²) in [5, 5.41) is 10.8. The highest BCUT2D eigenvalue weighted by Gasteiger charge is 2.26. The molecule has 0 aliphatic carbocycles. The maximum Gasteiger partial charge on any atom is 0.254 e. The molecule has 26 heavy (non-hydrogen) atoms. The monoisotopic (exact) mass is 397 g/mol. The van der Waals surface area contributed by atoms with E-state index >= 15 is 0 Å². The highest BCUT2D eigenvalue weighted by atomic mass is 35.5. The molecule has 1 N–H and O–H groups in total. The first-order valence-corrected chi connectivity index (χ1v) is 8.82. The Labute approximate surface area is 163 Å². The van der Waals surface area contributed by atoms with Gasteiger partial charge in [-0.3, -0.25) is 4.79 Å². The van der Waals surface area contributed by atoms with Crippen LogP contribution in [0, 0.1) is 0 Å². The van der Waals surface area contributed by atoms with Crippen LogP contribution in [-0.2, 0) is 9.47 Å². The first kappa shape index (κ1) is 20.7. The van der Waals surface area contributed by atoms with Crippen LogP contribution in [0.15, 0.2) is 48.5 Å². The van der Waals surface area contributed by atoms with Crippen LogP contribution < -0.4 is 0 Å². The summed E-state index contributed by atoms with van der Waals surface area (Å²) in [7, 11) is 1.53. The molecular formula is C19H21Cl2NO4. The van der Waals surface area contributed by atoms with E-state index in [1.165, 1.54) is 7.11 Å². The van der Waals surface area contributed by atoms with Crippen LogP contribution in [0.3, 0.4) is 0 Å². The fraction of sp³-hybridized carbons (Fsp3) is 0.316. The second-order valence-corrected chi connectivity index (χ2v) is 6.37. The number of carbonyl (C=O) groups is 1. The van der Waals surface area contributed by atoms with Crippen molar-refractivity contribution in [3.63, 3.8) is 0 Å². The second-order valence-electron chi connectivity index (χ2n) is 5.55. The third-order valence-electron chi connectivity index (χ3n) is 3.84. The lowest BCUT2D eigenvalue weighted by molar-refractivity contribution is -0.0388. The van der Waals surface area contributed by atoms with Crippen molar-refractivity contribution in [3.05, 3.63) is 69.7 Å². The molecule has 0 aliphatic heterocycles. The number of aliphatic hydroxyl groups is 1. The van der Waals surface area contributed by atoms with Gasteiger partial charge in [0.05, 0.1) is 29.3 Å². The maximum atomic E-state index is 13.0. The van der Waals surface area contributed by atoms with Crippen molar-refractivity contribution in [1.29, 1.82) is 0 Å². The summed E-state index contributed by atoms with van der Waals surface area (Å²) in [5.74, 6) is -0.211. The molecule has 0 spiro atoms. The highest BCUT2D eigenvalue weighted by molar-refractivity contribution is 6.42. The number of hydrogen-bond acceptors (Lipinski definition) is 4. The molecular weight excluding hydrogens is 377 g/mol. The van der Waals surface area contributed by atoms with Gasteiger partial charge in [0, 0.05) is 19.2 Å². The number of rotatable bonds is 9. The summed E-state index contributed by atoms with van der Waals surface area (Å²) in [6, 6.07) is 13.4. The molecule has 0 radical (unpaired) electrons. The molecule has 0 heterocycles. The summed E-state index contributed by atoms with van der Waals surface area (Å²) in [5.41, 5.74) is 1.22. The van der Waals surface area contributed by atoms with Gasteiger partial charge in [0.1, 0.15) is 6.79 Å². The Morgan fingerprint density at radius 1 is 1.15 bits per heavy atom. The molecule has 1 atom stereocenters. The van der Waals surface area contributed by atoms with Gasteiger partial charge in [-0.05, 0) is 29.8 Å². The fourth-order valence-electron chi connectivity index (χ4n) is 2.55. The molecule has 140 valence electrons. The van der Waals surface area contributed by atoms with E-state index in [1.54, 1.807) is 47.4 Å². The molecule has 0 aromatic heterocycles. The summed E-state index contributed by atoms with van der Waals surface area (Å²) in [4.78, 5) is 14.6. The van der Waals surface area contributed by atoms with E-state index < -0.39 is 6.04 Å². The molecule has 0 saturated carbocycles. The minimum absolute atomic E-state index is 0.129. The lowest BCUT2D eigenvalue weighted by atomic mass is 10.0. The lowest BCUT2D eigenvalue weighted by Gasteiger charge is -2.31. The normalized spacial score (nSPS) is 12.0. The molecule has 2 rings (SSSR count). The SMILES string of the molecule is COCOCCN(C(=O)c1ccccc1)C(CO)c1ccc(Cl)c(Cl)c1. The molecule has 7 heteroatoms. The zero-order valence-electron chi connectivity index (χ0n) is 14.4. The van der Waals surface area contributed by atoms with Crippen molar-refractivity contribution in [2.45, 2.75) is 6.04 Å². The molecule has 0 saturated heterocycles. The molecule has 5 nitrogen and oxygen atoms in total. The van der Waals surface area contributed by atoms with Crippen LogP contribution >= 0.6 is 23.2 Å². The number of carbonyl (C=O) groups excluding carboxylic acids is 1. The molecule has 1 amide bonds. The predicted molar refractivity (Wildman–Crippen MR) is 102 cm³/mol. The largest absolute Gasteiger partial charge is 0.394 e. The highest BCUT2D eigenvalue weighted by Crippen LogP contribution is 2.29. The predicted octanol–water partition coefficient (Wildman–Crippen LogP) is 3.79. The Morgan fingerprint density at radius 3 is 2.50 bits per heavy atom. The zero-order chi connectivity index (χ0) is 18.9. The first-order valence-electron chi connectivity index (χ1n) is 8.07. The fourth-order valence-corrected chi connectivity index (χ4v) is 2.86. The standard InChI is InChI=1S/C19H21Cl2NO4/c1-25-13-26-10-9-22(19(24)14-5-3-2-4-6-14)18(12-23)15-7-8-16(20)17(21)11-15/h2-8,11,18,23H,9-10,12-13H2,1H3. The molecule has 1 unspecified atom stereocenters. The number of halogens is 2. The van der Waals surface area contributed by atoms with Crippen molar-refractivity contribution >= 4 is 29.1 Å². The van der Waals surface area contributed by atoms with E-state index in [-0.39, 0.29) is 32.5 Å². The van der Waals surface area contributed by atoms with E-state index in [4.69, 9.17) is 32.7 Å². The van der Waals surface area contributed by atoms with Crippen molar-refractivity contribution in [3.8, 4) is 0 Å². The van der Waals surface area contributed by atoms with Gasteiger partial charge in [-0.25, -0.2) is 0 Å². The van der Waals surface area contributed by atoms with Gasteiger partial charge >= 0.3 is 0 Å². The Balaban J connectivity index is 2.29. The van der Waals surface area contributed by atoms with Gasteiger partial charge in [-0.1, -0.05) is 47.5 Å². The minimum atomic E-state index is -0.580. The second kappa shape index (κ2) is 10.5. The number of methoxy groups -OCH3 is 1. The third kappa shape index (κ3) is 5.43. The van der Waals surface area contributed by atoms with Crippen LogP contribution in [0.4, 0.5) is 0 Å². The number of ether oxygens (including phenoxy) is 2. The molecule has 0 aliphatic rings. The van der Waals surface area contributed by atoms with Gasteiger partial charge in [0.2, 0.25) is 0 Å². The van der Waals surface area contributed by atoms with E-state index in [9.17, 15) is 9.90 Å². The third-order valence-corrected chi connectivity index (χ3v) is 4.58. The summed E-state index contributed by atoms with van der Waals surface area (Å²) in [6.07, 6.45) is 0. The molecule has 2 aromatic rings. The van der Waals surface area contributed by atoms with Crippen LogP contribution in [0.1, 0.15) is 22.0 Å². The summed E-state index contributed by atoms with van der Waals surface area (Å²) in [6.45, 7) is 0.414. The molecule has 2 aromatic carbocycles. The van der Waals surface area contributed by atoms with Gasteiger partial charge in [-0.15, -0.1) is 0 Å². The van der Waals surface area contributed by atoms with Gasteiger partial charge in [0.15, 0.2) is 0 Å². The smallest absolute Gasteiger partial charge is 0.254 e. The van der Waals surface area contributed by atoms with Crippen molar-refractivity contribution in [2.75, 3.05) is 33.7 Å². The maximum absolute atomic E-state index is 13.0. The molecule has 0 bridgehead atoms. The number of hydrogen-bond donors (Lipinski definition) is 1. The zero-order valence-corrected chi connectivity index (χ0v) is 15.9. The van der Waals surface area contributed by atoms with Gasteiger partial charge in [-0.2, -0.15) is 0 Å². The topological polar surface area (TPSA) is 59.0 Å². The quantitative estimate of drug-likeness (QED) is 0.516. The van der Waals surface area contributed by atoms with Crippen molar-refractivity contribution in [1.82, 2.24) is 4.90 Å². The van der Waals surface area contributed by atoms with E-state index in [0.717, 1.165) is 0 Å². The van der Waals surface area contributed by atoms with Crippen molar-refractivity contribution in [2.24, 2.45) is 0 Å². The molecule has 0 fully saturated rings. The number of amides is 1.